The second kappa shape index (κ2) is 15.8. The fourth-order valence-corrected chi connectivity index (χ4v) is 4.36. The van der Waals surface area contributed by atoms with Crippen LogP contribution in [-0.2, 0) is 19.2 Å². The van der Waals surface area contributed by atoms with Crippen molar-refractivity contribution in [2.75, 3.05) is 0 Å². The van der Waals surface area contributed by atoms with Crippen LogP contribution in [0.2, 0.25) is 0 Å². The molecule has 4 N–H and O–H groups in total. The quantitative estimate of drug-likeness (QED) is 0.185. The number of carboxylic acid groups (broad SMARTS) is 1. The number of carbonyl (C=O) groups is 4. The van der Waals surface area contributed by atoms with Crippen LogP contribution in [0.5, 0.6) is 0 Å². The van der Waals surface area contributed by atoms with Crippen LogP contribution in [0.1, 0.15) is 91.4 Å². The molecule has 8 nitrogen and oxygen atoms in total. The van der Waals surface area contributed by atoms with E-state index in [-0.39, 0.29) is 49.1 Å². The molecule has 5 atom stereocenters. The molecule has 8 heteroatoms. The molecular formula is C26H43NO7. The highest BCUT2D eigenvalue weighted by molar-refractivity contribution is 5.90. The van der Waals surface area contributed by atoms with Gasteiger partial charge in [-0.15, -0.1) is 0 Å². The summed E-state index contributed by atoms with van der Waals surface area (Å²) in [6.07, 6.45) is 7.14. The Morgan fingerprint density at radius 1 is 1.12 bits per heavy atom. The molecule has 0 spiro atoms. The largest absolute Gasteiger partial charge is 0.480 e. The molecule has 1 rings (SSSR count). The Balaban J connectivity index is 2.45. The molecule has 1 aliphatic carbocycles. The number of aliphatic hydroxyl groups excluding tert-OH is 2. The third kappa shape index (κ3) is 11.4. The Bertz CT molecular complexity index is 703. The summed E-state index contributed by atoms with van der Waals surface area (Å²) >= 11 is 0. The van der Waals surface area contributed by atoms with E-state index < -0.39 is 36.1 Å². The van der Waals surface area contributed by atoms with Gasteiger partial charge in [0.2, 0.25) is 5.91 Å². The maximum absolute atomic E-state index is 12.5. The van der Waals surface area contributed by atoms with Gasteiger partial charge in [-0.05, 0) is 31.6 Å². The third-order valence-electron chi connectivity index (χ3n) is 6.29. The van der Waals surface area contributed by atoms with Gasteiger partial charge < -0.3 is 20.6 Å². The fraction of sp³-hybridized carbons (Fsp3) is 0.769. The number of nitrogens with one attached hydrogen (secondary N) is 1. The van der Waals surface area contributed by atoms with Crippen molar-refractivity contribution in [1.29, 1.82) is 0 Å². The molecular weight excluding hydrogens is 438 g/mol. The van der Waals surface area contributed by atoms with Crippen molar-refractivity contribution in [2.24, 2.45) is 17.8 Å². The zero-order valence-corrected chi connectivity index (χ0v) is 20.9. The van der Waals surface area contributed by atoms with Crippen molar-refractivity contribution in [3.63, 3.8) is 0 Å². The number of rotatable bonds is 17. The summed E-state index contributed by atoms with van der Waals surface area (Å²) in [4.78, 5) is 48.1. The van der Waals surface area contributed by atoms with E-state index in [1.807, 2.05) is 13.8 Å². The van der Waals surface area contributed by atoms with Gasteiger partial charge in [-0.3, -0.25) is 14.4 Å². The number of hydrogen-bond donors (Lipinski definition) is 4. The summed E-state index contributed by atoms with van der Waals surface area (Å²) in [7, 11) is 0. The van der Waals surface area contributed by atoms with Crippen LogP contribution in [0.4, 0.5) is 0 Å². The van der Waals surface area contributed by atoms with E-state index in [1.165, 1.54) is 0 Å². The van der Waals surface area contributed by atoms with Crippen LogP contribution in [0.15, 0.2) is 12.2 Å². The zero-order chi connectivity index (χ0) is 25.7. The van der Waals surface area contributed by atoms with Crippen LogP contribution >= 0.6 is 0 Å². The van der Waals surface area contributed by atoms with E-state index in [2.05, 4.69) is 12.2 Å². The minimum Gasteiger partial charge on any atom is -0.480 e. The van der Waals surface area contributed by atoms with Crippen molar-refractivity contribution in [3.05, 3.63) is 12.2 Å². The van der Waals surface area contributed by atoms with Crippen LogP contribution in [-0.4, -0.2) is 57.0 Å². The molecule has 1 fully saturated rings. The van der Waals surface area contributed by atoms with E-state index in [4.69, 9.17) is 0 Å². The van der Waals surface area contributed by atoms with Crippen molar-refractivity contribution in [1.82, 2.24) is 5.32 Å². The van der Waals surface area contributed by atoms with E-state index in [1.54, 1.807) is 12.2 Å². The summed E-state index contributed by atoms with van der Waals surface area (Å²) < 4.78 is 0. The highest BCUT2D eigenvalue weighted by atomic mass is 16.4. The van der Waals surface area contributed by atoms with Crippen molar-refractivity contribution < 1.29 is 34.5 Å². The smallest absolute Gasteiger partial charge is 0.326 e. The summed E-state index contributed by atoms with van der Waals surface area (Å²) in [5.41, 5.74) is 0. The van der Waals surface area contributed by atoms with Gasteiger partial charge in [0.05, 0.1) is 12.2 Å². The summed E-state index contributed by atoms with van der Waals surface area (Å²) in [5, 5.41) is 32.1. The molecule has 1 aliphatic rings. The minimum absolute atomic E-state index is 0.0141. The molecule has 0 bridgehead atoms. The summed E-state index contributed by atoms with van der Waals surface area (Å²) in [6.45, 7) is 5.86. The molecule has 0 aromatic heterocycles. The molecule has 1 saturated carbocycles. The molecule has 0 aromatic rings. The maximum Gasteiger partial charge on any atom is 0.326 e. The van der Waals surface area contributed by atoms with E-state index in [9.17, 15) is 34.5 Å². The van der Waals surface area contributed by atoms with E-state index >= 15 is 0 Å². The maximum atomic E-state index is 12.5. The lowest BCUT2D eigenvalue weighted by Crippen LogP contribution is -2.41. The molecule has 0 aliphatic heterocycles. The number of hydrogen-bond acceptors (Lipinski definition) is 6. The van der Waals surface area contributed by atoms with Gasteiger partial charge in [-0.1, -0.05) is 52.2 Å². The predicted octanol–water partition coefficient (Wildman–Crippen LogP) is 3.19. The number of carboxylic acids is 1. The molecule has 0 heterocycles. The molecule has 0 saturated heterocycles. The van der Waals surface area contributed by atoms with Crippen molar-refractivity contribution in [3.8, 4) is 0 Å². The van der Waals surface area contributed by atoms with Gasteiger partial charge in [0, 0.05) is 37.5 Å². The standard InChI is InChI=1S/C26H43NO7/c1-4-5-6-9-18(28)12-13-20-21(24(31)16-23(20)30)15-19(29)10-7-8-11-25(32)27-22(26(33)34)14-17(2)3/h12-13,17-18,20-23,28,30H,4-11,14-16H2,1-3H3,(H,27,32)(H,33,34)/b13-12+/t18?,20-,21-,22+,23-/m1/s1. The first-order chi connectivity index (χ1) is 16.0. The first-order valence-corrected chi connectivity index (χ1v) is 12.7. The number of ketones is 2. The van der Waals surface area contributed by atoms with Crippen molar-refractivity contribution >= 4 is 23.4 Å². The normalized spacial score (nSPS) is 22.3. The van der Waals surface area contributed by atoms with Gasteiger partial charge >= 0.3 is 5.97 Å². The van der Waals surface area contributed by atoms with E-state index in [0.717, 1.165) is 19.3 Å². The van der Waals surface area contributed by atoms with Crippen LogP contribution in [0.3, 0.4) is 0 Å². The zero-order valence-electron chi connectivity index (χ0n) is 20.9. The SMILES string of the molecule is CCCCCC(O)/C=C/[C@H]1[C@H](O)CC(=O)[C@@H]1CC(=O)CCCCC(=O)N[C@@H](CC(C)C)C(=O)O. The minimum atomic E-state index is -1.06. The number of Topliss-reactive ketones (excluding diaryl/α,β-unsaturated/α-hetero) is 2. The molecule has 0 aromatic carbocycles. The Morgan fingerprint density at radius 3 is 2.41 bits per heavy atom. The second-order valence-corrected chi connectivity index (χ2v) is 9.91. The molecule has 1 unspecified atom stereocenters. The monoisotopic (exact) mass is 481 g/mol. The molecule has 0 radical (unpaired) electrons. The first kappa shape index (κ1) is 30.0. The van der Waals surface area contributed by atoms with Crippen LogP contribution < -0.4 is 5.32 Å². The van der Waals surface area contributed by atoms with Gasteiger partial charge in [-0.25, -0.2) is 4.79 Å². The number of aliphatic hydroxyl groups is 2. The third-order valence-corrected chi connectivity index (χ3v) is 6.29. The Labute approximate surface area is 203 Å². The average molecular weight is 482 g/mol. The van der Waals surface area contributed by atoms with Gasteiger partial charge in [0.25, 0.3) is 0 Å². The lowest BCUT2D eigenvalue weighted by Gasteiger charge is -2.18. The first-order valence-electron chi connectivity index (χ1n) is 12.7. The summed E-state index contributed by atoms with van der Waals surface area (Å²) in [5.74, 6) is -2.57. The molecule has 1 amide bonds. The number of aliphatic carboxylic acids is 1. The van der Waals surface area contributed by atoms with Gasteiger partial charge in [-0.2, -0.15) is 0 Å². The van der Waals surface area contributed by atoms with Gasteiger partial charge in [0.15, 0.2) is 0 Å². The average Bonchev–Trinajstić information content (AvgIpc) is 3.01. The Morgan fingerprint density at radius 2 is 1.79 bits per heavy atom. The predicted molar refractivity (Wildman–Crippen MR) is 129 cm³/mol. The highest BCUT2D eigenvalue weighted by Gasteiger charge is 2.40. The lowest BCUT2D eigenvalue weighted by atomic mass is 9.88. The Hall–Kier alpha value is -2.06. The van der Waals surface area contributed by atoms with Crippen LogP contribution in [0, 0.1) is 17.8 Å². The number of unbranched alkanes of at least 4 members (excludes halogenated alkanes) is 3. The Kier molecular flexibility index (Phi) is 13.9. The van der Waals surface area contributed by atoms with E-state index in [0.29, 0.717) is 25.7 Å². The fourth-order valence-electron chi connectivity index (χ4n) is 4.36. The molecule has 194 valence electrons. The lowest BCUT2D eigenvalue weighted by molar-refractivity contribution is -0.142. The summed E-state index contributed by atoms with van der Waals surface area (Å²) in [6, 6.07) is -0.913. The number of amides is 1. The van der Waals surface area contributed by atoms with Crippen LogP contribution in [0.25, 0.3) is 0 Å². The highest BCUT2D eigenvalue weighted by Crippen LogP contribution is 2.33. The van der Waals surface area contributed by atoms with Crippen molar-refractivity contribution in [2.45, 2.75) is 110 Å². The topological polar surface area (TPSA) is 141 Å². The number of carbonyl (C=O) groups excluding carboxylic acids is 3. The second-order valence-electron chi connectivity index (χ2n) is 9.91. The molecule has 34 heavy (non-hydrogen) atoms. The van der Waals surface area contributed by atoms with Gasteiger partial charge in [0.1, 0.15) is 17.6 Å².